The van der Waals surface area contributed by atoms with Gasteiger partial charge in [-0.15, -0.1) is 0 Å². The van der Waals surface area contributed by atoms with Crippen molar-refractivity contribution in [1.82, 2.24) is 19.6 Å². The van der Waals surface area contributed by atoms with E-state index in [9.17, 15) is 4.79 Å². The lowest BCUT2D eigenvalue weighted by Crippen LogP contribution is -2.08. The fourth-order valence-electron chi connectivity index (χ4n) is 3.08. The Morgan fingerprint density at radius 1 is 1.24 bits per heavy atom. The van der Waals surface area contributed by atoms with E-state index < -0.39 is 0 Å². The topological polar surface area (TPSA) is 52.7 Å². The molecule has 1 aliphatic carbocycles. The molecule has 1 saturated carbocycles. The Bertz CT molecular complexity index is 606. The predicted molar refractivity (Wildman–Crippen MR) is 81.2 cm³/mol. The van der Waals surface area contributed by atoms with Gasteiger partial charge < -0.3 is 0 Å². The molecule has 0 radical (unpaired) electrons. The van der Waals surface area contributed by atoms with Gasteiger partial charge in [0.1, 0.15) is 5.69 Å². The van der Waals surface area contributed by atoms with E-state index in [1.807, 2.05) is 28.7 Å². The van der Waals surface area contributed by atoms with Crippen LogP contribution in [0.2, 0.25) is 0 Å². The molecule has 1 aliphatic rings. The Morgan fingerprint density at radius 3 is 2.62 bits per heavy atom. The van der Waals surface area contributed by atoms with Gasteiger partial charge in [0.25, 0.3) is 0 Å². The minimum absolute atomic E-state index is 0.432. The smallest absolute Gasteiger partial charge is 0.153 e. The van der Waals surface area contributed by atoms with Crippen LogP contribution in [0.5, 0.6) is 0 Å². The zero-order valence-electron chi connectivity index (χ0n) is 12.5. The number of aromatic nitrogens is 4. The van der Waals surface area contributed by atoms with Crippen LogP contribution >= 0.6 is 0 Å². The summed E-state index contributed by atoms with van der Waals surface area (Å²) in [5.74, 6) is 0. The highest BCUT2D eigenvalue weighted by atomic mass is 16.1. The van der Waals surface area contributed by atoms with E-state index in [4.69, 9.17) is 5.10 Å². The van der Waals surface area contributed by atoms with Crippen LogP contribution in [-0.4, -0.2) is 25.8 Å². The van der Waals surface area contributed by atoms with Crippen LogP contribution in [0.1, 0.15) is 61.8 Å². The van der Waals surface area contributed by atoms with E-state index in [-0.39, 0.29) is 0 Å². The monoisotopic (exact) mass is 286 g/mol. The predicted octanol–water partition coefficient (Wildman–Crippen LogP) is 3.47. The second-order valence-electron chi connectivity index (χ2n) is 5.76. The SMILES string of the molecule is CCn1cc(-c2nn(C3CCCCCC3)cc2C=O)cn1. The number of hydrogen-bond acceptors (Lipinski definition) is 3. The summed E-state index contributed by atoms with van der Waals surface area (Å²) in [7, 11) is 0. The van der Waals surface area contributed by atoms with Crippen molar-refractivity contribution in [1.29, 1.82) is 0 Å². The number of rotatable bonds is 4. The lowest BCUT2D eigenvalue weighted by atomic mass is 10.1. The van der Waals surface area contributed by atoms with Crippen molar-refractivity contribution < 1.29 is 4.79 Å². The first-order valence-electron chi connectivity index (χ1n) is 7.89. The molecule has 2 aromatic rings. The van der Waals surface area contributed by atoms with E-state index in [2.05, 4.69) is 5.10 Å². The molecule has 0 amide bonds. The fraction of sp³-hybridized carbons (Fsp3) is 0.562. The van der Waals surface area contributed by atoms with Crippen molar-refractivity contribution in [2.24, 2.45) is 0 Å². The van der Waals surface area contributed by atoms with E-state index in [1.54, 1.807) is 6.20 Å². The van der Waals surface area contributed by atoms with E-state index >= 15 is 0 Å². The van der Waals surface area contributed by atoms with Gasteiger partial charge in [-0.3, -0.25) is 14.2 Å². The number of aldehydes is 1. The lowest BCUT2D eigenvalue weighted by Gasteiger charge is -2.14. The Balaban J connectivity index is 1.91. The van der Waals surface area contributed by atoms with Crippen LogP contribution in [0.15, 0.2) is 18.6 Å². The summed E-state index contributed by atoms with van der Waals surface area (Å²) in [4.78, 5) is 11.4. The lowest BCUT2D eigenvalue weighted by molar-refractivity contribution is 0.112. The molecule has 3 rings (SSSR count). The fourth-order valence-corrected chi connectivity index (χ4v) is 3.08. The summed E-state index contributed by atoms with van der Waals surface area (Å²) in [6, 6.07) is 0.432. The molecule has 0 atom stereocenters. The van der Waals surface area contributed by atoms with Gasteiger partial charge in [-0.1, -0.05) is 25.7 Å². The first kappa shape index (κ1) is 14.0. The van der Waals surface area contributed by atoms with Crippen LogP contribution in [0.3, 0.4) is 0 Å². The number of carbonyl (C=O) groups excluding carboxylic acids is 1. The molecule has 112 valence electrons. The molecule has 2 aromatic heterocycles. The third-order valence-corrected chi connectivity index (χ3v) is 4.32. The second-order valence-corrected chi connectivity index (χ2v) is 5.76. The average Bonchev–Trinajstić information content (AvgIpc) is 3.06. The molecular formula is C16H22N4O. The van der Waals surface area contributed by atoms with Gasteiger partial charge in [0.2, 0.25) is 0 Å². The van der Waals surface area contributed by atoms with Gasteiger partial charge in [0, 0.05) is 24.5 Å². The maximum atomic E-state index is 11.4. The summed E-state index contributed by atoms with van der Waals surface area (Å²) in [6.45, 7) is 2.86. The first-order chi connectivity index (χ1) is 10.3. The number of hydrogen-bond donors (Lipinski definition) is 0. The van der Waals surface area contributed by atoms with Gasteiger partial charge >= 0.3 is 0 Å². The van der Waals surface area contributed by atoms with Crippen molar-refractivity contribution in [3.63, 3.8) is 0 Å². The molecular weight excluding hydrogens is 264 g/mol. The van der Waals surface area contributed by atoms with Crippen LogP contribution in [-0.2, 0) is 6.54 Å². The molecule has 2 heterocycles. The molecule has 1 fully saturated rings. The zero-order valence-corrected chi connectivity index (χ0v) is 12.5. The van der Waals surface area contributed by atoms with Gasteiger partial charge in [-0.25, -0.2) is 0 Å². The molecule has 21 heavy (non-hydrogen) atoms. The van der Waals surface area contributed by atoms with Gasteiger partial charge in [-0.05, 0) is 19.8 Å². The van der Waals surface area contributed by atoms with Crippen molar-refractivity contribution in [3.8, 4) is 11.3 Å². The van der Waals surface area contributed by atoms with Crippen molar-refractivity contribution >= 4 is 6.29 Å². The highest BCUT2D eigenvalue weighted by Gasteiger charge is 2.19. The summed E-state index contributed by atoms with van der Waals surface area (Å²) in [6.07, 6.45) is 14.0. The van der Waals surface area contributed by atoms with Crippen LogP contribution in [0.4, 0.5) is 0 Å². The van der Waals surface area contributed by atoms with Gasteiger partial charge in [0.05, 0.1) is 17.8 Å². The van der Waals surface area contributed by atoms with Crippen LogP contribution in [0, 0.1) is 0 Å². The highest BCUT2D eigenvalue weighted by molar-refractivity contribution is 5.85. The minimum atomic E-state index is 0.432. The molecule has 0 aromatic carbocycles. The van der Waals surface area contributed by atoms with Crippen molar-refractivity contribution in [2.45, 2.75) is 58.0 Å². The van der Waals surface area contributed by atoms with Crippen molar-refractivity contribution in [3.05, 3.63) is 24.2 Å². The Kier molecular flexibility index (Phi) is 4.18. The minimum Gasteiger partial charge on any atom is -0.298 e. The van der Waals surface area contributed by atoms with Crippen LogP contribution in [0.25, 0.3) is 11.3 Å². The molecule has 0 N–H and O–H groups in total. The molecule has 0 unspecified atom stereocenters. The highest BCUT2D eigenvalue weighted by Crippen LogP contribution is 2.29. The molecule has 5 nitrogen and oxygen atoms in total. The van der Waals surface area contributed by atoms with E-state index in [0.29, 0.717) is 11.6 Å². The standard InChI is InChI=1S/C16H22N4O/c1-2-19-10-13(9-17-19)16-14(12-21)11-20(18-16)15-7-5-3-4-6-8-15/h9-12,15H,2-8H2,1H3. The Labute approximate surface area is 125 Å². The largest absolute Gasteiger partial charge is 0.298 e. The Hall–Kier alpha value is -1.91. The summed E-state index contributed by atoms with van der Waals surface area (Å²) in [5.41, 5.74) is 2.34. The van der Waals surface area contributed by atoms with Gasteiger partial charge in [-0.2, -0.15) is 10.2 Å². The maximum Gasteiger partial charge on any atom is 0.153 e. The third kappa shape index (κ3) is 2.91. The molecule has 0 spiro atoms. The number of carbonyl (C=O) groups is 1. The maximum absolute atomic E-state index is 11.4. The molecule has 5 heteroatoms. The van der Waals surface area contributed by atoms with Crippen molar-refractivity contribution in [2.75, 3.05) is 0 Å². The second kappa shape index (κ2) is 6.24. The average molecular weight is 286 g/mol. The third-order valence-electron chi connectivity index (χ3n) is 4.32. The number of aryl methyl sites for hydroxylation is 1. The molecule has 0 aliphatic heterocycles. The Morgan fingerprint density at radius 2 is 2.00 bits per heavy atom. The quantitative estimate of drug-likeness (QED) is 0.638. The summed E-state index contributed by atoms with van der Waals surface area (Å²) >= 11 is 0. The first-order valence-corrected chi connectivity index (χ1v) is 7.89. The van der Waals surface area contributed by atoms with E-state index in [1.165, 1.54) is 25.7 Å². The normalized spacial score (nSPS) is 16.8. The molecule has 0 bridgehead atoms. The number of nitrogens with zero attached hydrogens (tertiary/aromatic N) is 4. The van der Waals surface area contributed by atoms with E-state index in [0.717, 1.165) is 36.9 Å². The summed E-state index contributed by atoms with van der Waals surface area (Å²) < 4.78 is 3.86. The van der Waals surface area contributed by atoms with Gasteiger partial charge in [0.15, 0.2) is 6.29 Å². The summed E-state index contributed by atoms with van der Waals surface area (Å²) in [5, 5.41) is 8.97. The molecule has 0 saturated heterocycles. The zero-order chi connectivity index (χ0) is 14.7. The van der Waals surface area contributed by atoms with Crippen LogP contribution < -0.4 is 0 Å².